The maximum absolute atomic E-state index is 8.69. The molecule has 62 valence electrons. The first-order valence-electron chi connectivity index (χ1n) is 4.06. The standard InChI is InChI=1S/C9H10N2O/c10-5-7-3-4-12-9(7)8(11)6-1-2-6/h3-4,6,8H,1-2,11H2/t8-/m1/s1. The highest BCUT2D eigenvalue weighted by Crippen LogP contribution is 2.40. The molecule has 0 aliphatic heterocycles. The molecular formula is C9H10N2O. The smallest absolute Gasteiger partial charge is 0.138 e. The van der Waals surface area contributed by atoms with Crippen LogP contribution in [0.15, 0.2) is 16.7 Å². The zero-order chi connectivity index (χ0) is 8.55. The van der Waals surface area contributed by atoms with Crippen LogP contribution in [0.1, 0.15) is 30.2 Å². The fourth-order valence-corrected chi connectivity index (χ4v) is 1.34. The summed E-state index contributed by atoms with van der Waals surface area (Å²) in [6.07, 6.45) is 3.84. The van der Waals surface area contributed by atoms with Gasteiger partial charge in [0.25, 0.3) is 0 Å². The Balaban J connectivity index is 2.26. The number of furan rings is 1. The van der Waals surface area contributed by atoms with E-state index in [-0.39, 0.29) is 6.04 Å². The van der Waals surface area contributed by atoms with E-state index in [1.54, 1.807) is 6.07 Å². The summed E-state index contributed by atoms with van der Waals surface area (Å²) in [4.78, 5) is 0. The number of hydrogen-bond acceptors (Lipinski definition) is 3. The fourth-order valence-electron chi connectivity index (χ4n) is 1.34. The minimum absolute atomic E-state index is 0.0744. The van der Waals surface area contributed by atoms with Crippen LogP contribution < -0.4 is 5.73 Å². The highest BCUT2D eigenvalue weighted by atomic mass is 16.3. The van der Waals surface area contributed by atoms with E-state index in [4.69, 9.17) is 15.4 Å². The van der Waals surface area contributed by atoms with Crippen molar-refractivity contribution in [3.63, 3.8) is 0 Å². The highest BCUT2D eigenvalue weighted by molar-refractivity contribution is 5.33. The minimum atomic E-state index is -0.0744. The van der Waals surface area contributed by atoms with Gasteiger partial charge in [-0.1, -0.05) is 0 Å². The summed E-state index contributed by atoms with van der Waals surface area (Å²) in [5, 5.41) is 8.69. The Morgan fingerprint density at radius 2 is 2.42 bits per heavy atom. The van der Waals surface area contributed by atoms with Gasteiger partial charge < -0.3 is 10.2 Å². The zero-order valence-electron chi connectivity index (χ0n) is 6.66. The van der Waals surface area contributed by atoms with Crippen LogP contribution in [-0.2, 0) is 0 Å². The van der Waals surface area contributed by atoms with Crippen molar-refractivity contribution in [3.8, 4) is 6.07 Å². The number of nitrogens with two attached hydrogens (primary N) is 1. The van der Waals surface area contributed by atoms with E-state index in [9.17, 15) is 0 Å². The quantitative estimate of drug-likeness (QED) is 0.717. The monoisotopic (exact) mass is 162 g/mol. The van der Waals surface area contributed by atoms with Gasteiger partial charge in [0.2, 0.25) is 0 Å². The third-order valence-electron chi connectivity index (χ3n) is 2.25. The first-order chi connectivity index (χ1) is 5.83. The van der Waals surface area contributed by atoms with Crippen LogP contribution in [0, 0.1) is 17.2 Å². The molecule has 1 atom stereocenters. The molecule has 3 heteroatoms. The molecule has 1 aliphatic rings. The second-order valence-corrected chi connectivity index (χ2v) is 3.17. The first kappa shape index (κ1) is 7.38. The second kappa shape index (κ2) is 2.65. The van der Waals surface area contributed by atoms with Crippen LogP contribution in [0.25, 0.3) is 0 Å². The normalized spacial score (nSPS) is 18.7. The molecule has 0 radical (unpaired) electrons. The summed E-state index contributed by atoms with van der Waals surface area (Å²) in [6, 6.07) is 3.66. The number of nitriles is 1. The van der Waals surface area contributed by atoms with Gasteiger partial charge in [-0.05, 0) is 24.8 Å². The molecule has 0 bridgehead atoms. The average Bonchev–Trinajstić information content (AvgIpc) is 2.82. The van der Waals surface area contributed by atoms with Gasteiger partial charge >= 0.3 is 0 Å². The molecule has 1 heterocycles. The molecule has 3 nitrogen and oxygen atoms in total. The highest BCUT2D eigenvalue weighted by Gasteiger charge is 2.32. The van der Waals surface area contributed by atoms with E-state index in [1.807, 2.05) is 0 Å². The van der Waals surface area contributed by atoms with E-state index in [0.717, 1.165) is 12.8 Å². The van der Waals surface area contributed by atoms with Gasteiger partial charge in [0.15, 0.2) is 0 Å². The molecule has 1 fully saturated rings. The summed E-state index contributed by atoms with van der Waals surface area (Å²) < 4.78 is 5.17. The topological polar surface area (TPSA) is 63.0 Å². The van der Waals surface area contributed by atoms with Gasteiger partial charge in [-0.3, -0.25) is 0 Å². The molecule has 1 saturated carbocycles. The van der Waals surface area contributed by atoms with Crippen LogP contribution >= 0.6 is 0 Å². The summed E-state index contributed by atoms with van der Waals surface area (Å²) in [6.45, 7) is 0. The predicted octanol–water partition coefficient (Wildman–Crippen LogP) is 1.56. The van der Waals surface area contributed by atoms with Crippen molar-refractivity contribution in [2.75, 3.05) is 0 Å². The third kappa shape index (κ3) is 1.10. The molecule has 0 saturated heterocycles. The van der Waals surface area contributed by atoms with E-state index in [0.29, 0.717) is 17.2 Å². The molecule has 2 rings (SSSR count). The molecule has 1 aromatic rings. The third-order valence-corrected chi connectivity index (χ3v) is 2.25. The van der Waals surface area contributed by atoms with Crippen molar-refractivity contribution in [3.05, 3.63) is 23.7 Å². The van der Waals surface area contributed by atoms with Gasteiger partial charge in [0, 0.05) is 0 Å². The lowest BCUT2D eigenvalue weighted by Gasteiger charge is -2.05. The van der Waals surface area contributed by atoms with Crippen LogP contribution in [0.3, 0.4) is 0 Å². The van der Waals surface area contributed by atoms with Crippen molar-refractivity contribution >= 4 is 0 Å². The van der Waals surface area contributed by atoms with Gasteiger partial charge in [-0.15, -0.1) is 0 Å². The number of hydrogen-bond donors (Lipinski definition) is 1. The van der Waals surface area contributed by atoms with E-state index >= 15 is 0 Å². The lowest BCUT2D eigenvalue weighted by molar-refractivity contribution is 0.441. The lowest BCUT2D eigenvalue weighted by atomic mass is 10.1. The Morgan fingerprint density at radius 3 is 3.00 bits per heavy atom. The van der Waals surface area contributed by atoms with Crippen molar-refractivity contribution in [2.45, 2.75) is 18.9 Å². The molecule has 1 aliphatic carbocycles. The molecule has 12 heavy (non-hydrogen) atoms. The van der Waals surface area contributed by atoms with Crippen LogP contribution in [0.4, 0.5) is 0 Å². The lowest BCUT2D eigenvalue weighted by Crippen LogP contribution is -2.12. The SMILES string of the molecule is N#Cc1ccoc1[C@H](N)C1CC1. The first-order valence-corrected chi connectivity index (χ1v) is 4.06. The molecular weight excluding hydrogens is 152 g/mol. The summed E-state index contributed by atoms with van der Waals surface area (Å²) >= 11 is 0. The fraction of sp³-hybridized carbons (Fsp3) is 0.444. The minimum Gasteiger partial charge on any atom is -0.466 e. The predicted molar refractivity (Wildman–Crippen MR) is 43.1 cm³/mol. The van der Waals surface area contributed by atoms with Crippen molar-refractivity contribution in [2.24, 2.45) is 11.7 Å². The Labute approximate surface area is 70.8 Å². The molecule has 2 N–H and O–H groups in total. The van der Waals surface area contributed by atoms with Crippen LogP contribution in [-0.4, -0.2) is 0 Å². The van der Waals surface area contributed by atoms with Crippen molar-refractivity contribution < 1.29 is 4.42 Å². The molecule has 1 aromatic heterocycles. The molecule has 0 aromatic carbocycles. The van der Waals surface area contributed by atoms with Gasteiger partial charge in [0.05, 0.1) is 17.9 Å². The average molecular weight is 162 g/mol. The van der Waals surface area contributed by atoms with Crippen LogP contribution in [0.2, 0.25) is 0 Å². The largest absolute Gasteiger partial charge is 0.466 e. The zero-order valence-corrected chi connectivity index (χ0v) is 6.66. The Hall–Kier alpha value is -1.27. The van der Waals surface area contributed by atoms with E-state index in [2.05, 4.69) is 6.07 Å². The van der Waals surface area contributed by atoms with Crippen molar-refractivity contribution in [1.82, 2.24) is 0 Å². The molecule has 0 spiro atoms. The maximum Gasteiger partial charge on any atom is 0.138 e. The van der Waals surface area contributed by atoms with Gasteiger partial charge in [-0.25, -0.2) is 0 Å². The molecule has 0 unspecified atom stereocenters. The second-order valence-electron chi connectivity index (χ2n) is 3.17. The maximum atomic E-state index is 8.69. The Bertz CT molecular complexity index is 320. The summed E-state index contributed by atoms with van der Waals surface area (Å²) in [5.74, 6) is 1.18. The van der Waals surface area contributed by atoms with Crippen LogP contribution in [0.5, 0.6) is 0 Å². The van der Waals surface area contributed by atoms with Crippen molar-refractivity contribution in [1.29, 1.82) is 5.26 Å². The van der Waals surface area contributed by atoms with E-state index in [1.165, 1.54) is 6.26 Å². The summed E-state index contributed by atoms with van der Waals surface area (Å²) in [7, 11) is 0. The Morgan fingerprint density at radius 1 is 1.67 bits per heavy atom. The van der Waals surface area contributed by atoms with Gasteiger partial charge in [-0.2, -0.15) is 5.26 Å². The van der Waals surface area contributed by atoms with Gasteiger partial charge in [0.1, 0.15) is 11.8 Å². The van der Waals surface area contributed by atoms with E-state index < -0.39 is 0 Å². The number of nitrogens with zero attached hydrogens (tertiary/aromatic N) is 1. The molecule has 0 amide bonds. The number of rotatable bonds is 2. The summed E-state index contributed by atoms with van der Waals surface area (Å²) in [5.41, 5.74) is 6.45. The Kier molecular flexibility index (Phi) is 1.63.